The Morgan fingerprint density at radius 2 is 1.79 bits per heavy atom. The first-order valence-corrected chi connectivity index (χ1v) is 12.6. The molecule has 2 aromatic rings. The monoisotopic (exact) mass is 517 g/mol. The molecule has 180 valence electrons. The van der Waals surface area contributed by atoms with E-state index in [1.165, 1.54) is 24.3 Å². The predicted octanol–water partition coefficient (Wildman–Crippen LogP) is -0.619. The van der Waals surface area contributed by atoms with Gasteiger partial charge in [-0.2, -0.15) is 4.72 Å². The van der Waals surface area contributed by atoms with Gasteiger partial charge in [0.25, 0.3) is 0 Å². The number of hydrogen-bond donors (Lipinski definition) is 1. The Labute approximate surface area is 228 Å². The van der Waals surface area contributed by atoms with Crippen LogP contribution < -0.4 is 39.4 Å². The average molecular weight is 518 g/mol. The van der Waals surface area contributed by atoms with E-state index in [4.69, 9.17) is 11.6 Å². The molecule has 0 aliphatic heterocycles. The minimum atomic E-state index is -3.95. The molecule has 1 aromatic heterocycles. The third kappa shape index (κ3) is 10.0. The fraction of sp³-hybridized carbons (Fsp3) is 0.435. The number of unbranched alkanes of at least 4 members (excludes halogenated alkanes) is 2. The van der Waals surface area contributed by atoms with Gasteiger partial charge in [0.15, 0.2) is 0 Å². The maximum absolute atomic E-state index is 13.5. The van der Waals surface area contributed by atoms with Gasteiger partial charge in [-0.05, 0) is 61.1 Å². The Morgan fingerprint density at radius 3 is 2.35 bits per heavy atom. The molecule has 0 fully saturated rings. The summed E-state index contributed by atoms with van der Waals surface area (Å²) in [7, 11) is -3.95. The van der Waals surface area contributed by atoms with Crippen LogP contribution in [0.4, 0.5) is 0 Å². The van der Waals surface area contributed by atoms with Crippen molar-refractivity contribution in [1.29, 1.82) is 0 Å². The first-order valence-electron chi connectivity index (χ1n) is 10.8. The maximum atomic E-state index is 13.5. The Kier molecular flexibility index (Phi) is 13.3. The van der Waals surface area contributed by atoms with Crippen LogP contribution in [-0.2, 0) is 26.2 Å². The van der Waals surface area contributed by atoms with Crippen molar-refractivity contribution >= 4 is 33.5 Å². The zero-order chi connectivity index (χ0) is 24.4. The Hall–Kier alpha value is -1.49. The van der Waals surface area contributed by atoms with Crippen LogP contribution in [0.15, 0.2) is 53.7 Å². The smallest absolute Gasteiger partial charge is 0.550 e. The van der Waals surface area contributed by atoms with Gasteiger partial charge in [0.2, 0.25) is 15.9 Å². The number of aliphatic carboxylic acids is 1. The molecule has 0 saturated heterocycles. The van der Waals surface area contributed by atoms with Crippen molar-refractivity contribution in [2.24, 2.45) is 5.92 Å². The minimum Gasteiger partial charge on any atom is -0.550 e. The summed E-state index contributed by atoms with van der Waals surface area (Å²) in [5.41, 5.74) is 0.809. The van der Waals surface area contributed by atoms with Crippen molar-refractivity contribution < 1.29 is 52.7 Å². The standard InChI is InChI=1S/C23H30ClN3O5S.Na/c1-17(2)22(26-33(31,32)20-11-9-19(24)10-12-20)23(30)27(14-5-3-4-8-21(28)29)16-18-7-6-13-25-15-18;/h6-7,9-13,15,17,22,26H,3-5,8,14,16H2,1-2H3,(H,28,29);/q;+1/p-1/t22-;/m0./s1. The molecule has 0 spiro atoms. The van der Waals surface area contributed by atoms with E-state index >= 15 is 0 Å². The van der Waals surface area contributed by atoms with E-state index in [0.29, 0.717) is 30.8 Å². The number of carbonyl (C=O) groups excluding carboxylic acids is 2. The first-order chi connectivity index (χ1) is 15.6. The van der Waals surface area contributed by atoms with Crippen LogP contribution in [0.5, 0.6) is 0 Å². The van der Waals surface area contributed by atoms with E-state index in [9.17, 15) is 23.1 Å². The van der Waals surface area contributed by atoms with Gasteiger partial charge in [0, 0.05) is 36.5 Å². The van der Waals surface area contributed by atoms with Crippen LogP contribution in [-0.4, -0.2) is 42.8 Å². The number of nitrogens with zero attached hydrogens (tertiary/aromatic N) is 2. The van der Waals surface area contributed by atoms with Crippen LogP contribution in [0, 0.1) is 5.92 Å². The summed E-state index contributed by atoms with van der Waals surface area (Å²) in [5.74, 6) is -1.77. The molecule has 1 atom stereocenters. The Balaban J connectivity index is 0.00000578. The van der Waals surface area contributed by atoms with Gasteiger partial charge in [-0.15, -0.1) is 0 Å². The van der Waals surface area contributed by atoms with Crippen LogP contribution in [0.1, 0.15) is 45.1 Å². The molecule has 1 amide bonds. The van der Waals surface area contributed by atoms with Gasteiger partial charge in [0.05, 0.1) is 4.90 Å². The molecule has 0 bridgehead atoms. The number of nitrogens with one attached hydrogen (secondary N) is 1. The van der Waals surface area contributed by atoms with Gasteiger partial charge in [0.1, 0.15) is 6.04 Å². The molecule has 1 N–H and O–H groups in total. The van der Waals surface area contributed by atoms with Gasteiger partial charge >= 0.3 is 29.6 Å². The summed E-state index contributed by atoms with van der Waals surface area (Å²) in [6, 6.07) is 8.35. The molecule has 0 radical (unpaired) electrons. The summed E-state index contributed by atoms with van der Waals surface area (Å²) in [6.45, 7) is 4.16. The van der Waals surface area contributed by atoms with E-state index < -0.39 is 22.0 Å². The molecule has 1 aromatic carbocycles. The molecule has 0 aliphatic carbocycles. The number of aromatic nitrogens is 1. The largest absolute Gasteiger partial charge is 1.00 e. The third-order valence-electron chi connectivity index (χ3n) is 5.06. The molecule has 8 nitrogen and oxygen atoms in total. The second-order valence-corrected chi connectivity index (χ2v) is 10.3. The maximum Gasteiger partial charge on any atom is 1.00 e. The number of pyridine rings is 1. The van der Waals surface area contributed by atoms with Gasteiger partial charge in [-0.25, -0.2) is 8.42 Å². The Morgan fingerprint density at radius 1 is 1.12 bits per heavy atom. The first kappa shape index (κ1) is 30.5. The van der Waals surface area contributed by atoms with Gasteiger partial charge < -0.3 is 14.8 Å². The van der Waals surface area contributed by atoms with E-state index in [-0.39, 0.29) is 59.2 Å². The number of benzene rings is 1. The zero-order valence-corrected chi connectivity index (χ0v) is 23.3. The van der Waals surface area contributed by atoms with Crippen molar-refractivity contribution in [2.45, 2.75) is 57.0 Å². The number of hydrogen-bond acceptors (Lipinski definition) is 6. The summed E-state index contributed by atoms with van der Waals surface area (Å²) in [4.78, 5) is 29.8. The second kappa shape index (κ2) is 14.8. The molecule has 0 unspecified atom stereocenters. The number of halogens is 1. The van der Waals surface area contributed by atoms with Crippen molar-refractivity contribution in [3.8, 4) is 0 Å². The summed E-state index contributed by atoms with van der Waals surface area (Å²) in [5, 5.41) is 11.0. The zero-order valence-electron chi connectivity index (χ0n) is 19.7. The van der Waals surface area contributed by atoms with Crippen LogP contribution in [0.25, 0.3) is 0 Å². The van der Waals surface area contributed by atoms with Crippen molar-refractivity contribution in [2.75, 3.05) is 6.54 Å². The SMILES string of the molecule is CC(C)[C@H](NS(=O)(=O)c1ccc(Cl)cc1)C(=O)N(CCCCCC(=O)[O-])Cc1cccnc1.[Na+]. The van der Waals surface area contributed by atoms with Gasteiger partial charge in [-0.3, -0.25) is 9.78 Å². The molecule has 0 saturated carbocycles. The molecule has 34 heavy (non-hydrogen) atoms. The number of rotatable bonds is 13. The quantitative estimate of drug-likeness (QED) is 0.279. The fourth-order valence-corrected chi connectivity index (χ4v) is 4.71. The molecule has 11 heteroatoms. The topological polar surface area (TPSA) is 120 Å². The van der Waals surface area contributed by atoms with Crippen molar-refractivity contribution in [3.63, 3.8) is 0 Å². The second-order valence-electron chi connectivity index (χ2n) is 8.10. The molecule has 2 rings (SSSR count). The molecule has 0 aliphatic rings. The summed E-state index contributed by atoms with van der Waals surface area (Å²) >= 11 is 5.86. The van der Waals surface area contributed by atoms with Gasteiger partial charge in [-0.1, -0.05) is 37.9 Å². The van der Waals surface area contributed by atoms with E-state index in [2.05, 4.69) is 9.71 Å². The number of carbonyl (C=O) groups is 2. The number of amides is 1. The number of carboxylic acids is 1. The van der Waals surface area contributed by atoms with Crippen LogP contribution in [0.2, 0.25) is 5.02 Å². The molecular formula is C23H29ClN3NaO5S. The molecular weight excluding hydrogens is 489 g/mol. The van der Waals surface area contributed by atoms with Crippen molar-refractivity contribution in [1.82, 2.24) is 14.6 Å². The predicted molar refractivity (Wildman–Crippen MR) is 124 cm³/mol. The fourth-order valence-electron chi connectivity index (χ4n) is 3.25. The molecule has 1 heterocycles. The van der Waals surface area contributed by atoms with Crippen LogP contribution in [0.3, 0.4) is 0 Å². The summed E-state index contributed by atoms with van der Waals surface area (Å²) < 4.78 is 28.4. The third-order valence-corrected chi connectivity index (χ3v) is 6.76. The average Bonchev–Trinajstić information content (AvgIpc) is 2.76. The van der Waals surface area contributed by atoms with Crippen molar-refractivity contribution in [3.05, 3.63) is 59.4 Å². The van der Waals surface area contributed by atoms with Crippen LogP contribution >= 0.6 is 11.6 Å². The normalized spacial score (nSPS) is 12.1. The van der Waals surface area contributed by atoms with E-state index in [0.717, 1.165) is 5.56 Å². The minimum absolute atomic E-state index is 0. The van der Waals surface area contributed by atoms with E-state index in [1.807, 2.05) is 6.07 Å². The van der Waals surface area contributed by atoms with E-state index in [1.54, 1.807) is 37.2 Å². The Bertz CT molecular complexity index is 1020. The number of sulfonamides is 1. The number of carboxylic acid groups (broad SMARTS) is 1. The summed E-state index contributed by atoms with van der Waals surface area (Å²) in [6.07, 6.45) is 4.88.